The van der Waals surface area contributed by atoms with Crippen molar-refractivity contribution in [1.82, 2.24) is 0 Å². The third-order valence-electron chi connectivity index (χ3n) is 2.39. The Morgan fingerprint density at radius 3 is 1.28 bits per heavy atom. The van der Waals surface area contributed by atoms with Crippen molar-refractivity contribution >= 4 is 53.0 Å². The van der Waals surface area contributed by atoms with Gasteiger partial charge in [-0.3, -0.25) is 0 Å². The summed E-state index contributed by atoms with van der Waals surface area (Å²) in [5, 5.41) is 1.82. The van der Waals surface area contributed by atoms with Gasteiger partial charge >= 0.3 is 0 Å². The van der Waals surface area contributed by atoms with Gasteiger partial charge in [-0.2, -0.15) is 0 Å². The predicted octanol–water partition coefficient (Wildman–Crippen LogP) is 2.62. The smallest absolute Gasteiger partial charge is 0.0426 e. The Hall–Kier alpha value is -0.200. The highest BCUT2D eigenvalue weighted by Crippen LogP contribution is 2.23. The van der Waals surface area contributed by atoms with Crippen LogP contribution in [0.2, 0.25) is 0 Å². The lowest BCUT2D eigenvalue weighted by molar-refractivity contribution is 0.654. The highest BCUT2D eigenvalue weighted by atomic mass is 35.5. The van der Waals surface area contributed by atoms with Crippen LogP contribution >= 0.6 is 42.4 Å². The fourth-order valence-electron chi connectivity index (χ4n) is 1.63. The summed E-state index contributed by atoms with van der Waals surface area (Å²) in [6.07, 6.45) is 0. The Labute approximate surface area is 122 Å². The number of rotatable bonds is 3. The Bertz CT molecular complexity index is 450. The predicted molar refractivity (Wildman–Crippen MR) is 86.7 cm³/mol. The van der Waals surface area contributed by atoms with Crippen LogP contribution in [0.4, 0.5) is 0 Å². The van der Waals surface area contributed by atoms with E-state index in [1.54, 1.807) is 0 Å². The van der Waals surface area contributed by atoms with E-state index in [4.69, 9.17) is 0 Å². The first-order valence-corrected chi connectivity index (χ1v) is 6.75. The molecule has 0 radical (unpaired) electrons. The molecule has 0 aromatic heterocycles. The minimum absolute atomic E-state index is 0. The molecule has 0 fully saturated rings. The minimum atomic E-state index is -0.226. The molecule has 2 nitrogen and oxygen atoms in total. The topological polar surface area (TPSA) is 40.5 Å². The summed E-state index contributed by atoms with van der Waals surface area (Å²) >= 11 is 0. The summed E-state index contributed by atoms with van der Waals surface area (Å²) in [4.78, 5) is 18.6. The van der Waals surface area contributed by atoms with E-state index in [1.165, 1.54) is 0 Å². The molecule has 2 aromatic carbocycles. The summed E-state index contributed by atoms with van der Waals surface area (Å²) in [6.45, 7) is 0. The van der Waals surface area contributed by atoms with Gasteiger partial charge in [0.15, 0.2) is 0 Å². The van der Waals surface area contributed by atoms with Gasteiger partial charge in [0.25, 0.3) is 0 Å². The van der Waals surface area contributed by atoms with Crippen molar-refractivity contribution in [3.63, 3.8) is 0 Å². The van der Waals surface area contributed by atoms with Gasteiger partial charge in [0.1, 0.15) is 0 Å². The minimum Gasteiger partial charge on any atom is -0.372 e. The van der Waals surface area contributed by atoms with Crippen LogP contribution in [0.3, 0.4) is 0 Å². The van der Waals surface area contributed by atoms with Crippen LogP contribution in [0.25, 0.3) is 11.1 Å². The molecular formula is C12H14Cl2O2P2. The van der Waals surface area contributed by atoms with Crippen molar-refractivity contribution in [2.45, 2.75) is 0 Å². The largest absolute Gasteiger partial charge is 0.372 e. The molecule has 6 heteroatoms. The number of halogens is 2. The standard InChI is InChI=1S/C12H12O2P2.2ClH/c13-15-11-7-3-1-5-9(11)10-6-2-4-8-12(10)16-14;;/h1-8,13-16H;2*1H. The SMILES string of the molecule is Cl.Cl.OPc1ccccc1-c1ccccc1PO. The summed E-state index contributed by atoms with van der Waals surface area (Å²) in [5.41, 5.74) is 2.00. The first-order chi connectivity index (χ1) is 7.86. The summed E-state index contributed by atoms with van der Waals surface area (Å²) in [7, 11) is -0.453. The average molecular weight is 323 g/mol. The second-order valence-corrected chi connectivity index (χ2v) is 4.84. The van der Waals surface area contributed by atoms with Gasteiger partial charge in [-0.25, -0.2) is 0 Å². The third kappa shape index (κ3) is 3.90. The lowest BCUT2D eigenvalue weighted by atomic mass is 10.1. The molecule has 2 unspecified atom stereocenters. The van der Waals surface area contributed by atoms with Crippen molar-refractivity contribution in [3.8, 4) is 11.1 Å². The molecule has 2 aromatic rings. The molecule has 0 aliphatic heterocycles. The summed E-state index contributed by atoms with van der Waals surface area (Å²) in [5.74, 6) is 0. The van der Waals surface area contributed by atoms with E-state index < -0.39 is 0 Å². The van der Waals surface area contributed by atoms with E-state index in [0.29, 0.717) is 0 Å². The Morgan fingerprint density at radius 1 is 0.611 bits per heavy atom. The Balaban J connectivity index is 0.00000144. The van der Waals surface area contributed by atoms with E-state index in [2.05, 4.69) is 0 Å². The lowest BCUT2D eigenvalue weighted by Gasteiger charge is -2.10. The highest BCUT2D eigenvalue weighted by Gasteiger charge is 2.07. The van der Waals surface area contributed by atoms with E-state index in [9.17, 15) is 9.79 Å². The van der Waals surface area contributed by atoms with E-state index in [-0.39, 0.29) is 42.4 Å². The van der Waals surface area contributed by atoms with E-state index in [1.807, 2.05) is 48.5 Å². The van der Waals surface area contributed by atoms with Crippen molar-refractivity contribution in [3.05, 3.63) is 48.5 Å². The molecule has 2 rings (SSSR count). The third-order valence-corrected chi connectivity index (χ3v) is 3.74. The fourth-order valence-corrected chi connectivity index (χ4v) is 2.65. The molecule has 18 heavy (non-hydrogen) atoms. The molecule has 2 atom stereocenters. The molecule has 0 saturated carbocycles. The second kappa shape index (κ2) is 8.82. The maximum atomic E-state index is 9.31. The van der Waals surface area contributed by atoms with Crippen LogP contribution in [-0.2, 0) is 0 Å². The summed E-state index contributed by atoms with van der Waals surface area (Å²) in [6, 6.07) is 15.5. The van der Waals surface area contributed by atoms with Gasteiger partial charge in [0, 0.05) is 28.2 Å². The maximum absolute atomic E-state index is 9.31. The van der Waals surface area contributed by atoms with E-state index in [0.717, 1.165) is 21.7 Å². The molecule has 98 valence electrons. The number of hydrogen-bond donors (Lipinski definition) is 2. The highest BCUT2D eigenvalue weighted by molar-refractivity contribution is 7.42. The monoisotopic (exact) mass is 322 g/mol. The lowest BCUT2D eigenvalue weighted by Crippen LogP contribution is -2.06. The first kappa shape index (κ1) is 17.8. The molecule has 0 aliphatic carbocycles. The van der Waals surface area contributed by atoms with Crippen molar-refractivity contribution in [2.75, 3.05) is 0 Å². The quantitative estimate of drug-likeness (QED) is 0.853. The van der Waals surface area contributed by atoms with Crippen molar-refractivity contribution < 1.29 is 9.79 Å². The van der Waals surface area contributed by atoms with Crippen LogP contribution in [-0.4, -0.2) is 9.79 Å². The molecule has 0 spiro atoms. The van der Waals surface area contributed by atoms with Crippen LogP contribution < -0.4 is 10.6 Å². The molecule has 0 heterocycles. The molecule has 0 aliphatic rings. The van der Waals surface area contributed by atoms with Crippen molar-refractivity contribution in [1.29, 1.82) is 0 Å². The van der Waals surface area contributed by atoms with Gasteiger partial charge in [-0.05, 0) is 11.1 Å². The molecule has 2 N–H and O–H groups in total. The van der Waals surface area contributed by atoms with Gasteiger partial charge in [0.2, 0.25) is 0 Å². The average Bonchev–Trinajstić information content (AvgIpc) is 2.38. The van der Waals surface area contributed by atoms with Gasteiger partial charge in [0.05, 0.1) is 0 Å². The molecular weight excluding hydrogens is 309 g/mol. The summed E-state index contributed by atoms with van der Waals surface area (Å²) < 4.78 is 0. The van der Waals surface area contributed by atoms with Gasteiger partial charge in [-0.15, -0.1) is 24.8 Å². The maximum Gasteiger partial charge on any atom is 0.0426 e. The van der Waals surface area contributed by atoms with Crippen LogP contribution in [0.15, 0.2) is 48.5 Å². The van der Waals surface area contributed by atoms with Crippen LogP contribution in [0.5, 0.6) is 0 Å². The van der Waals surface area contributed by atoms with Gasteiger partial charge < -0.3 is 9.79 Å². The fraction of sp³-hybridized carbons (Fsp3) is 0. The zero-order chi connectivity index (χ0) is 11.4. The first-order valence-electron chi connectivity index (χ1n) is 4.85. The molecule has 0 amide bonds. The molecule has 0 bridgehead atoms. The Kier molecular flexibility index (Phi) is 8.73. The number of benzene rings is 2. The second-order valence-electron chi connectivity index (χ2n) is 3.31. The zero-order valence-electron chi connectivity index (χ0n) is 9.33. The van der Waals surface area contributed by atoms with Gasteiger partial charge in [-0.1, -0.05) is 48.5 Å². The van der Waals surface area contributed by atoms with E-state index >= 15 is 0 Å². The zero-order valence-corrected chi connectivity index (χ0v) is 13.0. The Morgan fingerprint density at radius 2 is 0.944 bits per heavy atom. The van der Waals surface area contributed by atoms with Crippen molar-refractivity contribution in [2.24, 2.45) is 0 Å². The normalized spacial score (nSPS) is 10.6. The van der Waals surface area contributed by atoms with Crippen LogP contribution in [0.1, 0.15) is 0 Å². The molecule has 0 saturated heterocycles. The number of hydrogen-bond acceptors (Lipinski definition) is 2. The van der Waals surface area contributed by atoms with Crippen LogP contribution in [0, 0.1) is 0 Å².